The van der Waals surface area contributed by atoms with E-state index in [0.717, 1.165) is 37.3 Å². The highest BCUT2D eigenvalue weighted by molar-refractivity contribution is 5.82. The van der Waals surface area contributed by atoms with Crippen LogP contribution in [-0.2, 0) is 24.3 Å². The van der Waals surface area contributed by atoms with Gasteiger partial charge in [0, 0.05) is 25.6 Å². The average Bonchev–Trinajstić information content (AvgIpc) is 3.11. The Morgan fingerprint density at radius 3 is 2.77 bits per heavy atom. The van der Waals surface area contributed by atoms with Crippen molar-refractivity contribution in [1.29, 1.82) is 0 Å². The summed E-state index contributed by atoms with van der Waals surface area (Å²) in [7, 11) is 0. The summed E-state index contributed by atoms with van der Waals surface area (Å²) in [6.45, 7) is 3.62. The van der Waals surface area contributed by atoms with Crippen molar-refractivity contribution in [1.82, 2.24) is 20.2 Å². The molecule has 0 saturated heterocycles. The largest absolute Gasteiger partial charge is 0.352 e. The van der Waals surface area contributed by atoms with E-state index in [9.17, 15) is 4.79 Å². The molecule has 1 saturated carbocycles. The first-order valence-corrected chi connectivity index (χ1v) is 9.80. The first kappa shape index (κ1) is 17.3. The van der Waals surface area contributed by atoms with Crippen molar-refractivity contribution >= 4 is 5.91 Å². The number of nitrogens with zero attached hydrogens (tertiary/aromatic N) is 2. The fourth-order valence-corrected chi connectivity index (χ4v) is 4.18. The third-order valence-corrected chi connectivity index (χ3v) is 5.76. The molecule has 2 N–H and O–H groups in total. The highest BCUT2D eigenvalue weighted by Gasteiger charge is 2.34. The van der Waals surface area contributed by atoms with E-state index in [1.807, 2.05) is 0 Å². The molecule has 1 aliphatic heterocycles. The Bertz CT molecular complexity index is 746. The van der Waals surface area contributed by atoms with E-state index in [0.29, 0.717) is 12.5 Å². The molecular weight excluding hydrogens is 324 g/mol. The quantitative estimate of drug-likeness (QED) is 0.889. The molecule has 0 bridgehead atoms. The summed E-state index contributed by atoms with van der Waals surface area (Å²) in [4.78, 5) is 23.0. The van der Waals surface area contributed by atoms with Crippen molar-refractivity contribution in [3.05, 3.63) is 53.1 Å². The lowest BCUT2D eigenvalue weighted by atomic mass is 9.94. The number of amides is 1. The Hall–Kier alpha value is -2.14. The lowest BCUT2D eigenvalue weighted by molar-refractivity contribution is -0.128. The monoisotopic (exact) mass is 352 g/mol. The Kier molecular flexibility index (Phi) is 5.07. The molecule has 1 amide bonds. The zero-order valence-electron chi connectivity index (χ0n) is 15.5. The predicted molar refractivity (Wildman–Crippen MR) is 102 cm³/mol. The number of rotatable bonds is 4. The molecule has 1 fully saturated rings. The standard InChI is InChI=1S/C21H28N4O/c1-15-7-9-16(10-8-15)12-25-13-19-18(22-14-23-19)11-20(25)21(26)24-17-5-3-2-4-6-17/h7-10,14,17,20H,2-6,11-13H2,1H3,(H,22,23)(H,24,26)/t20-/m0/s1. The number of carbonyl (C=O) groups excluding carboxylic acids is 1. The van der Waals surface area contributed by atoms with Gasteiger partial charge in [-0.1, -0.05) is 49.1 Å². The molecule has 0 spiro atoms. The summed E-state index contributed by atoms with van der Waals surface area (Å²) in [6, 6.07) is 8.80. The molecule has 2 aliphatic rings. The fraction of sp³-hybridized carbons (Fsp3) is 0.524. The van der Waals surface area contributed by atoms with Gasteiger partial charge in [0.15, 0.2) is 0 Å². The second kappa shape index (κ2) is 7.62. The maximum absolute atomic E-state index is 13.1. The van der Waals surface area contributed by atoms with Crippen LogP contribution in [-0.4, -0.2) is 32.9 Å². The molecule has 138 valence electrons. The van der Waals surface area contributed by atoms with E-state index < -0.39 is 0 Å². The Morgan fingerprint density at radius 2 is 2.00 bits per heavy atom. The number of aryl methyl sites for hydroxylation is 1. The smallest absolute Gasteiger partial charge is 0.238 e. The van der Waals surface area contributed by atoms with Gasteiger partial charge in [0.05, 0.1) is 23.8 Å². The molecule has 1 aliphatic carbocycles. The van der Waals surface area contributed by atoms with E-state index in [-0.39, 0.29) is 11.9 Å². The van der Waals surface area contributed by atoms with Crippen LogP contribution in [0.1, 0.15) is 54.6 Å². The van der Waals surface area contributed by atoms with Crippen LogP contribution in [0.5, 0.6) is 0 Å². The number of imidazole rings is 1. The van der Waals surface area contributed by atoms with Crippen LogP contribution in [0, 0.1) is 6.92 Å². The maximum Gasteiger partial charge on any atom is 0.238 e. The van der Waals surface area contributed by atoms with Gasteiger partial charge in [-0.15, -0.1) is 0 Å². The molecule has 1 atom stereocenters. The fourth-order valence-electron chi connectivity index (χ4n) is 4.18. The Balaban J connectivity index is 1.50. The topological polar surface area (TPSA) is 61.0 Å². The van der Waals surface area contributed by atoms with Gasteiger partial charge < -0.3 is 10.3 Å². The van der Waals surface area contributed by atoms with Crippen molar-refractivity contribution in [2.75, 3.05) is 0 Å². The summed E-state index contributed by atoms with van der Waals surface area (Å²) < 4.78 is 0. The van der Waals surface area contributed by atoms with E-state index in [1.165, 1.54) is 30.4 Å². The van der Waals surface area contributed by atoms with Gasteiger partial charge in [-0.3, -0.25) is 9.69 Å². The van der Waals surface area contributed by atoms with Gasteiger partial charge in [-0.05, 0) is 25.3 Å². The summed E-state index contributed by atoms with van der Waals surface area (Å²) >= 11 is 0. The van der Waals surface area contributed by atoms with Crippen LogP contribution in [0.3, 0.4) is 0 Å². The number of fused-ring (bicyclic) bond motifs is 1. The lowest BCUT2D eigenvalue weighted by Crippen LogP contribution is -2.52. The zero-order valence-corrected chi connectivity index (χ0v) is 15.5. The second-order valence-corrected chi connectivity index (χ2v) is 7.78. The first-order valence-electron chi connectivity index (χ1n) is 9.80. The Labute approximate surface area is 155 Å². The minimum absolute atomic E-state index is 0.144. The van der Waals surface area contributed by atoms with Crippen LogP contribution < -0.4 is 5.32 Å². The highest BCUT2D eigenvalue weighted by Crippen LogP contribution is 2.24. The van der Waals surface area contributed by atoms with Gasteiger partial charge >= 0.3 is 0 Å². The lowest BCUT2D eigenvalue weighted by Gasteiger charge is -2.35. The van der Waals surface area contributed by atoms with Crippen molar-refractivity contribution in [3.63, 3.8) is 0 Å². The van der Waals surface area contributed by atoms with Crippen LogP contribution in [0.2, 0.25) is 0 Å². The third-order valence-electron chi connectivity index (χ3n) is 5.76. The summed E-state index contributed by atoms with van der Waals surface area (Å²) in [6.07, 6.45) is 8.41. The molecular formula is C21H28N4O. The molecule has 2 aromatic rings. The van der Waals surface area contributed by atoms with Gasteiger partial charge in [-0.25, -0.2) is 4.98 Å². The second-order valence-electron chi connectivity index (χ2n) is 7.78. The van der Waals surface area contributed by atoms with Crippen molar-refractivity contribution < 1.29 is 4.79 Å². The minimum atomic E-state index is -0.144. The number of aromatic amines is 1. The number of H-pyrrole nitrogens is 1. The molecule has 5 nitrogen and oxygen atoms in total. The SMILES string of the molecule is Cc1ccc(CN2Cc3[nH]cnc3C[C@H]2C(=O)NC2CCCCC2)cc1. The molecule has 1 aromatic heterocycles. The number of carbonyl (C=O) groups is 1. The molecule has 26 heavy (non-hydrogen) atoms. The third kappa shape index (κ3) is 3.83. The molecule has 0 unspecified atom stereocenters. The van der Waals surface area contributed by atoms with Crippen LogP contribution in [0.4, 0.5) is 0 Å². The molecule has 4 rings (SSSR count). The average molecular weight is 352 g/mol. The molecule has 5 heteroatoms. The van der Waals surface area contributed by atoms with Crippen LogP contribution in [0.15, 0.2) is 30.6 Å². The minimum Gasteiger partial charge on any atom is -0.352 e. The number of nitrogens with one attached hydrogen (secondary N) is 2. The van der Waals surface area contributed by atoms with Gasteiger partial charge in [-0.2, -0.15) is 0 Å². The number of hydrogen-bond donors (Lipinski definition) is 2. The van der Waals surface area contributed by atoms with Gasteiger partial charge in [0.2, 0.25) is 5.91 Å². The van der Waals surface area contributed by atoms with Crippen molar-refractivity contribution in [2.45, 2.75) is 70.6 Å². The number of hydrogen-bond acceptors (Lipinski definition) is 3. The number of benzene rings is 1. The first-order chi connectivity index (χ1) is 12.7. The molecule has 2 heterocycles. The van der Waals surface area contributed by atoms with Crippen molar-refractivity contribution in [3.8, 4) is 0 Å². The van der Waals surface area contributed by atoms with Gasteiger partial charge in [0.1, 0.15) is 0 Å². The molecule has 0 radical (unpaired) electrons. The predicted octanol–water partition coefficient (Wildman–Crippen LogP) is 3.09. The zero-order chi connectivity index (χ0) is 17.9. The van der Waals surface area contributed by atoms with E-state index in [1.54, 1.807) is 6.33 Å². The summed E-state index contributed by atoms with van der Waals surface area (Å²) in [5.41, 5.74) is 4.68. The summed E-state index contributed by atoms with van der Waals surface area (Å²) in [5, 5.41) is 3.32. The van der Waals surface area contributed by atoms with Crippen LogP contribution in [0.25, 0.3) is 0 Å². The normalized spacial score (nSPS) is 21.3. The Morgan fingerprint density at radius 1 is 1.23 bits per heavy atom. The van der Waals surface area contributed by atoms with E-state index in [2.05, 4.69) is 51.4 Å². The molecule has 1 aromatic carbocycles. The maximum atomic E-state index is 13.1. The van der Waals surface area contributed by atoms with E-state index in [4.69, 9.17) is 0 Å². The number of aromatic nitrogens is 2. The highest BCUT2D eigenvalue weighted by atomic mass is 16.2. The van der Waals surface area contributed by atoms with Crippen LogP contribution >= 0.6 is 0 Å². The van der Waals surface area contributed by atoms with E-state index >= 15 is 0 Å². The van der Waals surface area contributed by atoms with Gasteiger partial charge in [0.25, 0.3) is 0 Å². The summed E-state index contributed by atoms with van der Waals surface area (Å²) in [5.74, 6) is 0.165. The van der Waals surface area contributed by atoms with Crippen molar-refractivity contribution in [2.24, 2.45) is 0 Å².